The number of aliphatic carboxylic acids is 3. The smallest absolute Gasteiger partial charge is 0.303 e. The number of carboxylic acid groups (broad SMARTS) is 3. The number of carboxylic acids is 3. The molecule has 0 aromatic rings. The van der Waals surface area contributed by atoms with E-state index in [2.05, 4.69) is 19.1 Å². The Balaban J connectivity index is 4.27. The summed E-state index contributed by atoms with van der Waals surface area (Å²) in [6, 6.07) is 0. The van der Waals surface area contributed by atoms with Crippen molar-refractivity contribution in [3.8, 4) is 0 Å². The topological polar surface area (TPSA) is 112 Å². The molecule has 0 rings (SSSR count). The van der Waals surface area contributed by atoms with E-state index in [0.29, 0.717) is 43.4 Å². The number of quaternary nitrogens is 1. The molecule has 0 aromatic carbocycles. The standard InChI is InChI=1S/C30H55NO6/c1-2-3-4-5-6-7-8-9-10-11-12-13-14-15-16-17-24-31(25-18-21-28(32)33,26-19-22-29(34)35)27-20-23-30(36)37/h5-6H,2-4,7-27H2,1H3,(H2-,32,33,34,35,36,37)/p+1/b6-5+. The van der Waals surface area contributed by atoms with E-state index in [-0.39, 0.29) is 19.3 Å². The van der Waals surface area contributed by atoms with Crippen molar-refractivity contribution in [2.24, 2.45) is 0 Å². The second-order valence-corrected chi connectivity index (χ2v) is 10.7. The van der Waals surface area contributed by atoms with Crippen LogP contribution in [0.3, 0.4) is 0 Å². The van der Waals surface area contributed by atoms with Crippen LogP contribution in [-0.4, -0.2) is 63.9 Å². The molecule has 0 heterocycles. The molecule has 0 amide bonds. The number of allylic oxidation sites excluding steroid dienone is 2. The minimum absolute atomic E-state index is 0.0908. The monoisotopic (exact) mass is 526 g/mol. The molecule has 0 atom stereocenters. The Morgan fingerprint density at radius 1 is 0.486 bits per heavy atom. The molecule has 0 saturated heterocycles. The first kappa shape index (κ1) is 35.1. The predicted octanol–water partition coefficient (Wildman–Crippen LogP) is 7.44. The summed E-state index contributed by atoms with van der Waals surface area (Å²) >= 11 is 0. The minimum atomic E-state index is -0.826. The molecule has 0 radical (unpaired) electrons. The fourth-order valence-electron chi connectivity index (χ4n) is 5.05. The van der Waals surface area contributed by atoms with Gasteiger partial charge in [0.15, 0.2) is 0 Å². The van der Waals surface area contributed by atoms with Gasteiger partial charge in [-0.15, -0.1) is 0 Å². The van der Waals surface area contributed by atoms with E-state index in [1.54, 1.807) is 0 Å². The summed E-state index contributed by atoms with van der Waals surface area (Å²) in [7, 11) is 0. The third kappa shape index (κ3) is 24.2. The van der Waals surface area contributed by atoms with Crippen LogP contribution in [0.1, 0.15) is 135 Å². The van der Waals surface area contributed by atoms with E-state index < -0.39 is 17.9 Å². The first-order chi connectivity index (χ1) is 17.8. The summed E-state index contributed by atoms with van der Waals surface area (Å²) in [4.78, 5) is 33.1. The molecule has 37 heavy (non-hydrogen) atoms. The molecular weight excluding hydrogens is 470 g/mol. The van der Waals surface area contributed by atoms with E-state index in [4.69, 9.17) is 15.3 Å². The molecule has 216 valence electrons. The number of nitrogens with zero attached hydrogens (tertiary/aromatic N) is 1. The van der Waals surface area contributed by atoms with Gasteiger partial charge in [0.2, 0.25) is 0 Å². The van der Waals surface area contributed by atoms with Crippen LogP contribution in [0, 0.1) is 0 Å². The molecule has 0 spiro atoms. The Morgan fingerprint density at radius 2 is 0.811 bits per heavy atom. The quantitative estimate of drug-likeness (QED) is 0.0555. The highest BCUT2D eigenvalue weighted by Crippen LogP contribution is 2.19. The molecule has 0 fully saturated rings. The van der Waals surface area contributed by atoms with Crippen molar-refractivity contribution in [2.45, 2.75) is 135 Å². The lowest BCUT2D eigenvalue weighted by atomic mass is 10.0. The number of unbranched alkanes of at least 4 members (excludes halogenated alkanes) is 12. The van der Waals surface area contributed by atoms with Gasteiger partial charge < -0.3 is 19.8 Å². The van der Waals surface area contributed by atoms with Crippen molar-refractivity contribution in [1.82, 2.24) is 0 Å². The molecular formula is C30H56NO6+. The maximum absolute atomic E-state index is 11.0. The van der Waals surface area contributed by atoms with Gasteiger partial charge in [-0.1, -0.05) is 76.9 Å². The Labute approximate surface area is 225 Å². The molecule has 0 aliphatic heterocycles. The molecule has 0 bridgehead atoms. The number of hydrogen-bond acceptors (Lipinski definition) is 3. The molecule has 0 aromatic heterocycles. The number of carbonyl (C=O) groups is 3. The molecule has 0 aliphatic carbocycles. The first-order valence-corrected chi connectivity index (χ1v) is 15.0. The van der Waals surface area contributed by atoms with E-state index in [9.17, 15) is 14.4 Å². The normalized spacial score (nSPS) is 11.8. The Kier molecular flexibility index (Phi) is 23.2. The zero-order valence-electron chi connectivity index (χ0n) is 23.6. The summed E-state index contributed by atoms with van der Waals surface area (Å²) in [6.07, 6.45) is 23.9. The van der Waals surface area contributed by atoms with Crippen LogP contribution in [0.5, 0.6) is 0 Å². The Hall–Kier alpha value is -1.89. The van der Waals surface area contributed by atoms with Gasteiger partial charge in [-0.05, 0) is 32.1 Å². The highest BCUT2D eigenvalue weighted by Gasteiger charge is 2.27. The minimum Gasteiger partial charge on any atom is -0.481 e. The maximum atomic E-state index is 11.0. The SMILES string of the molecule is CCCC/C=C/CCCCCCCCCCCC[N+](CCCC(=O)O)(CCCC(=O)O)CCCC(=O)O. The van der Waals surface area contributed by atoms with Gasteiger partial charge in [0.05, 0.1) is 45.4 Å². The summed E-state index contributed by atoms with van der Waals surface area (Å²) in [5.41, 5.74) is 0. The van der Waals surface area contributed by atoms with Crippen LogP contribution in [-0.2, 0) is 14.4 Å². The van der Waals surface area contributed by atoms with Crippen LogP contribution in [0.15, 0.2) is 12.2 Å². The van der Waals surface area contributed by atoms with E-state index in [1.807, 2.05) is 0 Å². The van der Waals surface area contributed by atoms with Crippen LogP contribution in [0.4, 0.5) is 0 Å². The maximum Gasteiger partial charge on any atom is 0.303 e. The fraction of sp³-hybridized carbons (Fsp3) is 0.833. The predicted molar refractivity (Wildman–Crippen MR) is 150 cm³/mol. The van der Waals surface area contributed by atoms with Crippen LogP contribution < -0.4 is 0 Å². The number of rotatable bonds is 28. The van der Waals surface area contributed by atoms with Crippen molar-refractivity contribution in [3.63, 3.8) is 0 Å². The summed E-state index contributed by atoms with van der Waals surface area (Å²) in [5.74, 6) is -2.48. The van der Waals surface area contributed by atoms with Crippen molar-refractivity contribution in [3.05, 3.63) is 12.2 Å². The zero-order valence-corrected chi connectivity index (χ0v) is 23.6. The van der Waals surface area contributed by atoms with Crippen molar-refractivity contribution in [2.75, 3.05) is 26.2 Å². The summed E-state index contributed by atoms with van der Waals surface area (Å²) in [6.45, 7) is 5.10. The zero-order chi connectivity index (χ0) is 27.6. The lowest BCUT2D eigenvalue weighted by Crippen LogP contribution is -2.51. The highest BCUT2D eigenvalue weighted by molar-refractivity contribution is 5.67. The second kappa shape index (κ2) is 24.4. The van der Waals surface area contributed by atoms with E-state index in [1.165, 1.54) is 77.0 Å². The summed E-state index contributed by atoms with van der Waals surface area (Å²) < 4.78 is 0.641. The van der Waals surface area contributed by atoms with Gasteiger partial charge in [0, 0.05) is 19.3 Å². The van der Waals surface area contributed by atoms with Gasteiger partial charge in [0.25, 0.3) is 0 Å². The second-order valence-electron chi connectivity index (χ2n) is 10.7. The lowest BCUT2D eigenvalue weighted by Gasteiger charge is -2.39. The van der Waals surface area contributed by atoms with Gasteiger partial charge in [-0.25, -0.2) is 0 Å². The molecule has 0 unspecified atom stereocenters. The van der Waals surface area contributed by atoms with Crippen molar-refractivity contribution in [1.29, 1.82) is 0 Å². The van der Waals surface area contributed by atoms with Gasteiger partial charge in [-0.3, -0.25) is 14.4 Å². The third-order valence-electron chi connectivity index (χ3n) is 7.21. The highest BCUT2D eigenvalue weighted by atomic mass is 16.4. The lowest BCUT2D eigenvalue weighted by molar-refractivity contribution is -0.929. The van der Waals surface area contributed by atoms with Gasteiger partial charge in [-0.2, -0.15) is 0 Å². The van der Waals surface area contributed by atoms with Gasteiger partial charge in [0.1, 0.15) is 0 Å². The van der Waals surface area contributed by atoms with E-state index >= 15 is 0 Å². The average Bonchev–Trinajstić information content (AvgIpc) is 2.83. The van der Waals surface area contributed by atoms with E-state index in [0.717, 1.165) is 19.4 Å². The van der Waals surface area contributed by atoms with Gasteiger partial charge >= 0.3 is 17.9 Å². The average molecular weight is 527 g/mol. The first-order valence-electron chi connectivity index (χ1n) is 15.0. The molecule has 7 nitrogen and oxygen atoms in total. The largest absolute Gasteiger partial charge is 0.481 e. The van der Waals surface area contributed by atoms with Crippen LogP contribution in [0.2, 0.25) is 0 Å². The fourth-order valence-corrected chi connectivity index (χ4v) is 5.05. The molecule has 3 N–H and O–H groups in total. The van der Waals surface area contributed by atoms with Crippen molar-refractivity contribution >= 4 is 17.9 Å². The van der Waals surface area contributed by atoms with Crippen molar-refractivity contribution < 1.29 is 34.2 Å². The number of hydrogen-bond donors (Lipinski definition) is 3. The van der Waals surface area contributed by atoms with Crippen LogP contribution >= 0.6 is 0 Å². The van der Waals surface area contributed by atoms with Crippen LogP contribution in [0.25, 0.3) is 0 Å². The molecule has 0 aliphatic rings. The Morgan fingerprint density at radius 3 is 1.19 bits per heavy atom. The third-order valence-corrected chi connectivity index (χ3v) is 7.21. The molecule has 7 heteroatoms. The Bertz CT molecular complexity index is 569. The summed E-state index contributed by atoms with van der Waals surface area (Å²) in [5, 5.41) is 27.2. The molecule has 0 saturated carbocycles.